The number of nitrogens with zero attached hydrogens (tertiary/aromatic N) is 3. The molecule has 0 bridgehead atoms. The second-order valence-corrected chi connectivity index (χ2v) is 7.13. The number of aromatic nitrogens is 2. The fourth-order valence-corrected chi connectivity index (χ4v) is 4.12. The monoisotopic (exact) mass is 287 g/mol. The van der Waals surface area contributed by atoms with E-state index in [9.17, 15) is 13.2 Å². The van der Waals surface area contributed by atoms with Crippen LogP contribution in [0.4, 0.5) is 0 Å². The van der Waals surface area contributed by atoms with Gasteiger partial charge in [-0.2, -0.15) is 5.10 Å². The van der Waals surface area contributed by atoms with Gasteiger partial charge in [-0.15, -0.1) is 0 Å². The van der Waals surface area contributed by atoms with Gasteiger partial charge in [-0.25, -0.2) is 13.2 Å². The Bertz CT molecular complexity index is 593. The van der Waals surface area contributed by atoms with Gasteiger partial charge in [0, 0.05) is 19.6 Å². The summed E-state index contributed by atoms with van der Waals surface area (Å²) in [6, 6.07) is -0.0541. The second kappa shape index (κ2) is 4.93. The van der Waals surface area contributed by atoms with Crippen LogP contribution in [0, 0.1) is 0 Å². The van der Waals surface area contributed by atoms with Gasteiger partial charge in [-0.05, 0) is 13.5 Å². The lowest BCUT2D eigenvalue weighted by Gasteiger charge is -2.23. The van der Waals surface area contributed by atoms with Crippen LogP contribution in [-0.2, 0) is 23.4 Å². The summed E-state index contributed by atoms with van der Waals surface area (Å²) < 4.78 is 24.4. The summed E-state index contributed by atoms with van der Waals surface area (Å²) in [6.07, 6.45) is 1.91. The van der Waals surface area contributed by atoms with Crippen LogP contribution < -0.4 is 0 Å². The van der Waals surface area contributed by atoms with Crippen molar-refractivity contribution in [3.63, 3.8) is 0 Å². The molecule has 1 unspecified atom stereocenters. The largest absolute Gasteiger partial charge is 0.478 e. The molecule has 106 valence electrons. The molecule has 2 heterocycles. The molecule has 2 rings (SSSR count). The van der Waals surface area contributed by atoms with E-state index >= 15 is 0 Å². The van der Waals surface area contributed by atoms with Gasteiger partial charge >= 0.3 is 5.97 Å². The average molecular weight is 287 g/mol. The third-order valence-corrected chi connectivity index (χ3v) is 5.27. The van der Waals surface area contributed by atoms with E-state index in [-0.39, 0.29) is 23.1 Å². The van der Waals surface area contributed by atoms with Crippen LogP contribution >= 0.6 is 0 Å². The van der Waals surface area contributed by atoms with Crippen LogP contribution in [-0.4, -0.2) is 58.8 Å². The van der Waals surface area contributed by atoms with Crippen LogP contribution in [0.3, 0.4) is 0 Å². The van der Waals surface area contributed by atoms with Crippen molar-refractivity contribution in [3.8, 4) is 0 Å². The molecule has 0 amide bonds. The highest BCUT2D eigenvalue weighted by Crippen LogP contribution is 2.19. The molecule has 19 heavy (non-hydrogen) atoms. The summed E-state index contributed by atoms with van der Waals surface area (Å²) >= 11 is 0. The molecule has 0 spiro atoms. The van der Waals surface area contributed by atoms with Crippen molar-refractivity contribution >= 4 is 15.8 Å². The molecule has 1 aliphatic heterocycles. The first kappa shape index (κ1) is 14.0. The minimum Gasteiger partial charge on any atom is -0.478 e. The number of hydrogen-bond donors (Lipinski definition) is 1. The minimum absolute atomic E-state index is 0.0541. The molecule has 1 fully saturated rings. The quantitative estimate of drug-likeness (QED) is 0.820. The van der Waals surface area contributed by atoms with Gasteiger partial charge in [0.25, 0.3) is 0 Å². The Morgan fingerprint density at radius 3 is 2.84 bits per heavy atom. The highest BCUT2D eigenvalue weighted by Gasteiger charge is 2.31. The predicted octanol–water partition coefficient (Wildman–Crippen LogP) is -0.263. The fraction of sp³-hybridized carbons (Fsp3) is 0.636. The van der Waals surface area contributed by atoms with Crippen molar-refractivity contribution in [2.45, 2.75) is 19.0 Å². The highest BCUT2D eigenvalue weighted by atomic mass is 32.2. The second-order valence-electron chi connectivity index (χ2n) is 4.91. The van der Waals surface area contributed by atoms with Crippen LogP contribution in [0.15, 0.2) is 6.20 Å². The first-order valence-corrected chi connectivity index (χ1v) is 7.77. The van der Waals surface area contributed by atoms with Crippen molar-refractivity contribution in [3.05, 3.63) is 17.5 Å². The van der Waals surface area contributed by atoms with Gasteiger partial charge in [0.1, 0.15) is 5.56 Å². The molecule has 0 aliphatic carbocycles. The smallest absolute Gasteiger partial charge is 0.339 e. The lowest BCUT2D eigenvalue weighted by atomic mass is 10.2. The van der Waals surface area contributed by atoms with E-state index in [4.69, 9.17) is 5.11 Å². The maximum atomic E-state index is 11.5. The molecule has 0 saturated carbocycles. The zero-order valence-electron chi connectivity index (χ0n) is 10.9. The van der Waals surface area contributed by atoms with Crippen molar-refractivity contribution in [2.24, 2.45) is 7.05 Å². The SMILES string of the molecule is CN(Cc1c(C(=O)O)cnn1C)C1CCS(=O)(=O)C1. The fourth-order valence-electron chi connectivity index (χ4n) is 2.32. The van der Waals surface area contributed by atoms with Crippen LogP contribution in [0.5, 0.6) is 0 Å². The van der Waals surface area contributed by atoms with Crippen molar-refractivity contribution in [2.75, 3.05) is 18.6 Å². The molecule has 7 nitrogen and oxygen atoms in total. The number of rotatable bonds is 4. The molecule has 8 heteroatoms. The summed E-state index contributed by atoms with van der Waals surface area (Å²) in [5.74, 6) is -0.668. The number of hydrogen-bond acceptors (Lipinski definition) is 5. The molecule has 1 atom stereocenters. The van der Waals surface area contributed by atoms with Gasteiger partial charge in [-0.1, -0.05) is 0 Å². The summed E-state index contributed by atoms with van der Waals surface area (Å²) in [5.41, 5.74) is 0.745. The first-order chi connectivity index (χ1) is 8.80. The topological polar surface area (TPSA) is 92.5 Å². The average Bonchev–Trinajstić information content (AvgIpc) is 2.83. The zero-order chi connectivity index (χ0) is 14.2. The van der Waals surface area contributed by atoms with Crippen molar-refractivity contribution < 1.29 is 18.3 Å². The zero-order valence-corrected chi connectivity index (χ0v) is 11.7. The maximum Gasteiger partial charge on any atom is 0.339 e. The summed E-state index contributed by atoms with van der Waals surface area (Å²) in [4.78, 5) is 13.0. The maximum absolute atomic E-state index is 11.5. The lowest BCUT2D eigenvalue weighted by Crippen LogP contribution is -2.33. The Balaban J connectivity index is 2.13. The Morgan fingerprint density at radius 1 is 1.63 bits per heavy atom. The molecular formula is C11H17N3O4S. The number of carboxylic acids is 1. The van der Waals surface area contributed by atoms with E-state index < -0.39 is 15.8 Å². The van der Waals surface area contributed by atoms with Crippen LogP contribution in [0.2, 0.25) is 0 Å². The van der Waals surface area contributed by atoms with Crippen LogP contribution in [0.25, 0.3) is 0 Å². The van der Waals surface area contributed by atoms with Crippen molar-refractivity contribution in [1.29, 1.82) is 0 Å². The Hall–Kier alpha value is -1.41. The number of aryl methyl sites for hydroxylation is 1. The number of carbonyl (C=O) groups is 1. The van der Waals surface area contributed by atoms with E-state index in [0.29, 0.717) is 18.7 Å². The molecule has 1 N–H and O–H groups in total. The predicted molar refractivity (Wildman–Crippen MR) is 68.7 cm³/mol. The Kier molecular flexibility index (Phi) is 3.64. The third-order valence-electron chi connectivity index (χ3n) is 3.52. The third kappa shape index (κ3) is 2.95. The number of carboxylic acid groups (broad SMARTS) is 1. The van der Waals surface area contributed by atoms with E-state index in [1.54, 1.807) is 7.05 Å². The van der Waals surface area contributed by atoms with E-state index in [1.807, 2.05) is 11.9 Å². The normalized spacial score (nSPS) is 21.9. The molecular weight excluding hydrogens is 270 g/mol. The summed E-state index contributed by atoms with van der Waals surface area (Å²) in [7, 11) is 0.555. The van der Waals surface area contributed by atoms with Crippen LogP contribution in [0.1, 0.15) is 22.5 Å². The molecule has 1 aromatic rings. The Morgan fingerprint density at radius 2 is 2.32 bits per heavy atom. The number of aromatic carboxylic acids is 1. The first-order valence-electron chi connectivity index (χ1n) is 5.95. The lowest BCUT2D eigenvalue weighted by molar-refractivity contribution is 0.0694. The van der Waals surface area contributed by atoms with E-state index in [2.05, 4.69) is 5.10 Å². The summed E-state index contributed by atoms with van der Waals surface area (Å²) in [6.45, 7) is 0.373. The minimum atomic E-state index is -2.94. The van der Waals surface area contributed by atoms with Gasteiger partial charge in [0.15, 0.2) is 9.84 Å². The number of sulfone groups is 1. The van der Waals surface area contributed by atoms with Gasteiger partial charge < -0.3 is 5.11 Å². The molecule has 1 aromatic heterocycles. The van der Waals surface area contributed by atoms with Crippen molar-refractivity contribution in [1.82, 2.24) is 14.7 Å². The van der Waals surface area contributed by atoms with E-state index in [1.165, 1.54) is 10.9 Å². The molecule has 0 radical (unpaired) electrons. The standard InChI is InChI=1S/C11H17N3O4S/c1-13(8-3-4-19(17,18)7-8)6-10-9(11(15)16)5-12-14(10)2/h5,8H,3-4,6-7H2,1-2H3,(H,15,16). The van der Waals surface area contributed by atoms with Gasteiger partial charge in [0.05, 0.1) is 23.4 Å². The highest BCUT2D eigenvalue weighted by molar-refractivity contribution is 7.91. The molecule has 0 aromatic carbocycles. The van der Waals surface area contributed by atoms with Gasteiger partial charge in [0.2, 0.25) is 0 Å². The Labute approximate surface area is 111 Å². The molecule has 1 saturated heterocycles. The van der Waals surface area contributed by atoms with Gasteiger partial charge in [-0.3, -0.25) is 9.58 Å². The molecule has 1 aliphatic rings. The van der Waals surface area contributed by atoms with E-state index in [0.717, 1.165) is 0 Å². The summed E-state index contributed by atoms with van der Waals surface area (Å²) in [5, 5.41) is 13.0.